The number of hydrogen-bond donors (Lipinski definition) is 2. The quantitative estimate of drug-likeness (QED) is 0.405. The lowest BCUT2D eigenvalue weighted by atomic mass is 9.89. The Morgan fingerprint density at radius 2 is 1.79 bits per heavy atom. The average Bonchev–Trinajstić information content (AvgIpc) is 3.58. The van der Waals surface area contributed by atoms with Gasteiger partial charge in [-0.05, 0) is 72.2 Å². The molecule has 1 fully saturated rings. The zero-order valence-electron chi connectivity index (χ0n) is 21.0. The number of pyridine rings is 1. The third-order valence-corrected chi connectivity index (χ3v) is 7.65. The van der Waals surface area contributed by atoms with Crippen molar-refractivity contribution in [2.24, 2.45) is 0 Å². The molecule has 1 aliphatic heterocycles. The van der Waals surface area contributed by atoms with Crippen LogP contribution in [0.15, 0.2) is 73.2 Å². The molecule has 2 aromatic carbocycles. The van der Waals surface area contributed by atoms with Gasteiger partial charge in [-0.3, -0.25) is 9.59 Å². The Bertz CT molecular complexity index is 1520. The Balaban J connectivity index is 1.01. The first-order valence-electron chi connectivity index (χ1n) is 13.1. The number of Topliss-reactive ketones (excluding diaryl/α,β-unsaturated/α-hetero) is 1. The number of fused-ring (bicyclic) bond motifs is 2. The van der Waals surface area contributed by atoms with Crippen molar-refractivity contribution in [1.29, 1.82) is 0 Å². The van der Waals surface area contributed by atoms with Gasteiger partial charge >= 0.3 is 6.03 Å². The minimum absolute atomic E-state index is 0.0327. The van der Waals surface area contributed by atoms with E-state index < -0.39 is 0 Å². The maximum Gasteiger partial charge on any atom is 0.319 e. The van der Waals surface area contributed by atoms with Gasteiger partial charge in [0.05, 0.1) is 0 Å². The van der Waals surface area contributed by atoms with E-state index >= 15 is 0 Å². The molecule has 1 saturated heterocycles. The molecule has 2 aliphatic rings. The molecule has 0 spiro atoms. The Morgan fingerprint density at radius 1 is 0.974 bits per heavy atom. The van der Waals surface area contributed by atoms with E-state index in [1.807, 2.05) is 64.2 Å². The van der Waals surface area contributed by atoms with Crippen molar-refractivity contribution in [2.75, 3.05) is 18.4 Å². The molecule has 0 unspecified atom stereocenters. The van der Waals surface area contributed by atoms with Crippen LogP contribution in [-0.4, -0.2) is 45.1 Å². The van der Waals surface area contributed by atoms with E-state index in [2.05, 4.69) is 27.8 Å². The normalized spacial score (nSPS) is 15.5. The Labute approximate surface area is 220 Å². The first kappa shape index (κ1) is 23.9. The van der Waals surface area contributed by atoms with Crippen molar-refractivity contribution in [3.05, 3.63) is 101 Å². The second kappa shape index (κ2) is 10.1. The van der Waals surface area contributed by atoms with Crippen molar-refractivity contribution in [3.63, 3.8) is 0 Å². The highest BCUT2D eigenvalue weighted by Crippen LogP contribution is 2.31. The third-order valence-electron chi connectivity index (χ3n) is 7.65. The molecule has 0 saturated carbocycles. The van der Waals surface area contributed by atoms with Crippen molar-refractivity contribution >= 4 is 29.1 Å². The number of likely N-dealkylation sites (tertiary alicyclic amines) is 1. The van der Waals surface area contributed by atoms with E-state index in [1.54, 1.807) is 6.20 Å². The number of carbonyl (C=O) groups is 3. The number of ketones is 1. The summed E-state index contributed by atoms with van der Waals surface area (Å²) in [7, 11) is 0. The van der Waals surface area contributed by atoms with E-state index in [-0.39, 0.29) is 17.7 Å². The average molecular weight is 508 g/mol. The largest absolute Gasteiger partial charge is 0.339 e. The number of hydrogen-bond acceptors (Lipinski definition) is 4. The Kier molecular flexibility index (Phi) is 6.37. The molecule has 2 aromatic heterocycles. The third kappa shape index (κ3) is 4.77. The molecular weight excluding hydrogens is 478 g/mol. The molecule has 1 aliphatic carbocycles. The van der Waals surface area contributed by atoms with Gasteiger partial charge in [0.1, 0.15) is 5.65 Å². The summed E-state index contributed by atoms with van der Waals surface area (Å²) in [4.78, 5) is 43.9. The molecule has 38 heavy (non-hydrogen) atoms. The molecule has 0 atom stereocenters. The van der Waals surface area contributed by atoms with Crippen LogP contribution in [0.3, 0.4) is 0 Å². The summed E-state index contributed by atoms with van der Waals surface area (Å²) in [6.07, 6.45) is 8.47. The van der Waals surface area contributed by atoms with Crippen LogP contribution >= 0.6 is 0 Å². The highest BCUT2D eigenvalue weighted by atomic mass is 16.2. The molecule has 6 rings (SSSR count). The van der Waals surface area contributed by atoms with E-state index in [0.717, 1.165) is 35.3 Å². The number of anilines is 1. The predicted molar refractivity (Wildman–Crippen MR) is 144 cm³/mol. The Morgan fingerprint density at radius 3 is 2.61 bits per heavy atom. The van der Waals surface area contributed by atoms with Gasteiger partial charge in [-0.2, -0.15) is 0 Å². The predicted octanol–water partition coefficient (Wildman–Crippen LogP) is 4.80. The summed E-state index contributed by atoms with van der Waals surface area (Å²) < 4.78 is 1.92. The highest BCUT2D eigenvalue weighted by molar-refractivity contribution is 6.05. The number of urea groups is 1. The van der Waals surface area contributed by atoms with Gasteiger partial charge in [-0.25, -0.2) is 9.78 Å². The molecule has 0 bridgehead atoms. The lowest BCUT2D eigenvalue weighted by molar-refractivity contribution is 0.0712. The van der Waals surface area contributed by atoms with Crippen LogP contribution in [0.2, 0.25) is 0 Å². The standard InChI is InChI=1S/C30H29N5O3/c36-27-9-8-24-25(27)2-1-3-26(24)29(37)35-15-11-22(12-16-35)21-4-6-23(7-5-21)33-30(38)32-19-20-10-14-34-17-13-31-28(34)18-20/h1-7,10,13-14,17-18,22H,8-9,11-12,15-16,19H2,(H2,32,33,38). The van der Waals surface area contributed by atoms with Crippen LogP contribution in [0.4, 0.5) is 10.5 Å². The van der Waals surface area contributed by atoms with Gasteiger partial charge in [0.2, 0.25) is 0 Å². The number of nitrogens with zero attached hydrogens (tertiary/aromatic N) is 3. The molecule has 3 amide bonds. The molecule has 2 N–H and O–H groups in total. The van der Waals surface area contributed by atoms with E-state index in [4.69, 9.17) is 0 Å². The molecule has 4 aromatic rings. The minimum atomic E-state index is -0.262. The highest BCUT2D eigenvalue weighted by Gasteiger charge is 2.29. The van der Waals surface area contributed by atoms with Gasteiger partial charge < -0.3 is 19.9 Å². The zero-order valence-corrected chi connectivity index (χ0v) is 21.0. The fraction of sp³-hybridized carbons (Fsp3) is 0.267. The molecular formula is C30H29N5O3. The number of imidazole rings is 1. The molecule has 3 heterocycles. The molecule has 8 nitrogen and oxygen atoms in total. The van der Waals surface area contributed by atoms with Crippen LogP contribution in [0.1, 0.15) is 62.6 Å². The number of rotatable bonds is 5. The van der Waals surface area contributed by atoms with Gasteiger partial charge in [0.15, 0.2) is 5.78 Å². The summed E-state index contributed by atoms with van der Waals surface area (Å²) >= 11 is 0. The zero-order chi connectivity index (χ0) is 26.1. The number of benzene rings is 2. The number of carbonyl (C=O) groups excluding carboxylic acids is 3. The summed E-state index contributed by atoms with van der Waals surface area (Å²) in [6, 6.07) is 17.1. The smallest absolute Gasteiger partial charge is 0.319 e. The van der Waals surface area contributed by atoms with Gasteiger partial charge in [0.25, 0.3) is 5.91 Å². The molecule has 192 valence electrons. The van der Waals surface area contributed by atoms with Crippen molar-refractivity contribution < 1.29 is 14.4 Å². The fourth-order valence-electron chi connectivity index (χ4n) is 5.54. The summed E-state index contributed by atoms with van der Waals surface area (Å²) in [5.41, 5.74) is 6.07. The van der Waals surface area contributed by atoms with Gasteiger partial charge in [-0.15, -0.1) is 0 Å². The van der Waals surface area contributed by atoms with Gasteiger partial charge in [-0.1, -0.05) is 24.3 Å². The number of piperidine rings is 1. The number of amides is 3. The Hall–Kier alpha value is -4.46. The SMILES string of the molecule is O=C(NCc1ccn2ccnc2c1)Nc1ccc(C2CCN(C(=O)c3cccc4c3CCC4=O)CC2)cc1. The maximum atomic E-state index is 13.2. The van der Waals surface area contributed by atoms with Crippen LogP contribution in [0, 0.1) is 0 Å². The first-order valence-corrected chi connectivity index (χ1v) is 13.1. The van der Waals surface area contributed by atoms with Crippen molar-refractivity contribution in [3.8, 4) is 0 Å². The van der Waals surface area contributed by atoms with Crippen LogP contribution in [0.5, 0.6) is 0 Å². The van der Waals surface area contributed by atoms with E-state index in [0.29, 0.717) is 49.5 Å². The second-order valence-electron chi connectivity index (χ2n) is 9.98. The lowest BCUT2D eigenvalue weighted by Crippen LogP contribution is -2.38. The summed E-state index contributed by atoms with van der Waals surface area (Å²) in [5.74, 6) is 0.531. The number of aromatic nitrogens is 2. The van der Waals surface area contributed by atoms with Crippen molar-refractivity contribution in [2.45, 2.75) is 38.1 Å². The summed E-state index contributed by atoms with van der Waals surface area (Å²) in [5, 5.41) is 5.78. The number of nitrogens with one attached hydrogen (secondary N) is 2. The van der Waals surface area contributed by atoms with E-state index in [1.165, 1.54) is 5.56 Å². The summed E-state index contributed by atoms with van der Waals surface area (Å²) in [6.45, 7) is 1.79. The van der Waals surface area contributed by atoms with Gasteiger partial charge in [0, 0.05) is 61.5 Å². The molecule has 0 radical (unpaired) electrons. The maximum absolute atomic E-state index is 13.2. The fourth-order valence-corrected chi connectivity index (χ4v) is 5.54. The minimum Gasteiger partial charge on any atom is -0.339 e. The van der Waals surface area contributed by atoms with Crippen LogP contribution < -0.4 is 10.6 Å². The second-order valence-corrected chi connectivity index (χ2v) is 9.98. The topological polar surface area (TPSA) is 95.8 Å². The first-order chi connectivity index (χ1) is 18.5. The monoisotopic (exact) mass is 507 g/mol. The lowest BCUT2D eigenvalue weighted by Gasteiger charge is -2.32. The molecule has 8 heteroatoms. The van der Waals surface area contributed by atoms with E-state index in [9.17, 15) is 14.4 Å². The van der Waals surface area contributed by atoms with Crippen LogP contribution in [-0.2, 0) is 13.0 Å². The van der Waals surface area contributed by atoms with Crippen LogP contribution in [0.25, 0.3) is 5.65 Å². The van der Waals surface area contributed by atoms with Crippen molar-refractivity contribution in [1.82, 2.24) is 19.6 Å².